The molecule has 2 nitrogen and oxygen atoms in total. The van der Waals surface area contributed by atoms with Gasteiger partial charge in [0.15, 0.2) is 5.78 Å². The van der Waals surface area contributed by atoms with Crippen LogP contribution < -0.4 is 0 Å². The van der Waals surface area contributed by atoms with Crippen LogP contribution in [-0.4, -0.2) is 10.9 Å². The summed E-state index contributed by atoms with van der Waals surface area (Å²) in [5.74, 6) is 0.177. The summed E-state index contributed by atoms with van der Waals surface area (Å²) < 4.78 is 0. The summed E-state index contributed by atoms with van der Waals surface area (Å²) in [6, 6.07) is 34.1. The molecule has 4 rings (SSSR count). The normalized spacial score (nSPS) is 12.0. The van der Waals surface area contributed by atoms with Crippen molar-refractivity contribution >= 4 is 5.78 Å². The Morgan fingerprint density at radius 1 is 0.857 bits per heavy atom. The van der Waals surface area contributed by atoms with Gasteiger partial charge >= 0.3 is 17.1 Å². The van der Waals surface area contributed by atoms with Crippen LogP contribution in [0.2, 0.25) is 0 Å². The number of phenols is 1. The first-order valence-electron chi connectivity index (χ1n) is 8.90. The van der Waals surface area contributed by atoms with E-state index in [4.69, 9.17) is 0 Å². The van der Waals surface area contributed by atoms with Crippen molar-refractivity contribution in [2.45, 2.75) is 12.3 Å². The van der Waals surface area contributed by atoms with Gasteiger partial charge in [-0.3, -0.25) is 4.79 Å². The molecule has 0 radical (unpaired) electrons. The molecular weight excluding hydrogens is 388 g/mol. The number of rotatable bonds is 4. The Labute approximate surface area is 176 Å². The molecule has 0 saturated carbocycles. The average molecular weight is 410 g/mol. The summed E-state index contributed by atoms with van der Waals surface area (Å²) in [6.45, 7) is 1.95. The van der Waals surface area contributed by atoms with E-state index in [-0.39, 0.29) is 28.6 Å². The predicted molar refractivity (Wildman–Crippen MR) is 109 cm³/mol. The van der Waals surface area contributed by atoms with E-state index >= 15 is 0 Å². The van der Waals surface area contributed by atoms with E-state index in [1.165, 1.54) is 0 Å². The standard InChI is InChI=1S/C20H17O2.C5H5.Fe/c1-20(17-9-5-6-10-17,16-7-3-2-4-8-16)19(22)15-11-13-18(21)14-12-15;1-2-4-5-3-1;/h2-14,21H,1H3;1-5H;/q2*-1;+2. The van der Waals surface area contributed by atoms with Gasteiger partial charge in [-0.05, 0) is 29.8 Å². The van der Waals surface area contributed by atoms with Crippen LogP contribution in [0.4, 0.5) is 0 Å². The number of ketones is 1. The molecule has 1 unspecified atom stereocenters. The second-order valence-electron chi connectivity index (χ2n) is 6.50. The van der Waals surface area contributed by atoms with Crippen molar-refractivity contribution in [2.75, 3.05) is 0 Å². The smallest absolute Gasteiger partial charge is 0.508 e. The Bertz CT molecular complexity index is 923. The molecular formula is C25H22FeO2. The number of hydrogen-bond donors (Lipinski definition) is 1. The molecule has 0 saturated heterocycles. The summed E-state index contributed by atoms with van der Waals surface area (Å²) in [5, 5.41) is 9.43. The van der Waals surface area contributed by atoms with Crippen LogP contribution in [0.1, 0.15) is 28.4 Å². The quantitative estimate of drug-likeness (QED) is 0.266. The summed E-state index contributed by atoms with van der Waals surface area (Å²) in [6.07, 6.45) is 0. The van der Waals surface area contributed by atoms with E-state index in [1.807, 2.05) is 91.9 Å². The maximum Gasteiger partial charge on any atom is 2.00 e. The van der Waals surface area contributed by atoms with Crippen molar-refractivity contribution in [3.8, 4) is 5.75 Å². The first kappa shape index (κ1) is 21.4. The van der Waals surface area contributed by atoms with Crippen LogP contribution in [0, 0.1) is 0 Å². The molecule has 4 aromatic rings. The molecule has 4 aromatic carbocycles. The van der Waals surface area contributed by atoms with Gasteiger partial charge in [0.1, 0.15) is 5.75 Å². The second kappa shape index (κ2) is 9.89. The number of benzene rings is 2. The Kier molecular flexibility index (Phi) is 7.57. The van der Waals surface area contributed by atoms with Crippen molar-refractivity contribution in [3.63, 3.8) is 0 Å². The van der Waals surface area contributed by atoms with E-state index in [1.54, 1.807) is 24.3 Å². The van der Waals surface area contributed by atoms with Crippen molar-refractivity contribution < 1.29 is 27.0 Å². The molecule has 28 heavy (non-hydrogen) atoms. The van der Waals surface area contributed by atoms with Gasteiger partial charge in [-0.25, -0.2) is 24.3 Å². The summed E-state index contributed by atoms with van der Waals surface area (Å²) in [4.78, 5) is 13.2. The third-order valence-corrected chi connectivity index (χ3v) is 4.73. The molecule has 0 heterocycles. The minimum atomic E-state index is -0.748. The van der Waals surface area contributed by atoms with Gasteiger partial charge in [-0.2, -0.15) is 30.3 Å². The van der Waals surface area contributed by atoms with Crippen LogP contribution in [0.5, 0.6) is 5.75 Å². The Balaban J connectivity index is 0.000000408. The zero-order valence-corrected chi connectivity index (χ0v) is 16.7. The van der Waals surface area contributed by atoms with E-state index in [0.29, 0.717) is 5.56 Å². The van der Waals surface area contributed by atoms with Gasteiger partial charge in [0.2, 0.25) is 0 Å². The van der Waals surface area contributed by atoms with Crippen LogP contribution >= 0.6 is 0 Å². The van der Waals surface area contributed by atoms with Gasteiger partial charge in [0, 0.05) is 11.0 Å². The molecule has 0 bridgehead atoms. The molecule has 0 aliphatic carbocycles. The average Bonchev–Trinajstić information content (AvgIpc) is 3.44. The fourth-order valence-electron chi connectivity index (χ4n) is 3.13. The fraction of sp³-hybridized carbons (Fsp3) is 0.0800. The van der Waals surface area contributed by atoms with Crippen molar-refractivity contribution in [2.24, 2.45) is 0 Å². The number of hydrogen-bond acceptors (Lipinski definition) is 2. The van der Waals surface area contributed by atoms with Gasteiger partial charge in [-0.15, -0.1) is 5.56 Å². The maximum absolute atomic E-state index is 13.2. The molecule has 1 N–H and O–H groups in total. The summed E-state index contributed by atoms with van der Waals surface area (Å²) in [7, 11) is 0. The van der Waals surface area contributed by atoms with Gasteiger partial charge < -0.3 is 5.11 Å². The Morgan fingerprint density at radius 3 is 1.93 bits per heavy atom. The summed E-state index contributed by atoms with van der Waals surface area (Å²) in [5.41, 5.74) is 1.77. The molecule has 0 aromatic heterocycles. The largest absolute Gasteiger partial charge is 2.00 e. The number of phenolic OH excluding ortho intramolecular Hbond substituents is 1. The van der Waals surface area contributed by atoms with Crippen molar-refractivity contribution in [1.29, 1.82) is 0 Å². The number of aromatic hydroxyl groups is 1. The van der Waals surface area contributed by atoms with Crippen LogP contribution in [0.25, 0.3) is 0 Å². The molecule has 0 fully saturated rings. The first-order chi connectivity index (χ1) is 13.1. The Hall–Kier alpha value is -2.87. The zero-order chi connectivity index (χ0) is 19.1. The maximum atomic E-state index is 13.2. The van der Waals surface area contributed by atoms with Crippen molar-refractivity contribution in [3.05, 3.63) is 126 Å². The number of Topliss-reactive ketones (excluding diaryl/α,β-unsaturated/α-hetero) is 1. The molecule has 1 atom stereocenters. The molecule has 142 valence electrons. The molecule has 0 amide bonds. The zero-order valence-electron chi connectivity index (χ0n) is 15.6. The van der Waals surface area contributed by atoms with Gasteiger partial charge in [-0.1, -0.05) is 37.3 Å². The third-order valence-electron chi connectivity index (χ3n) is 4.73. The van der Waals surface area contributed by atoms with Crippen molar-refractivity contribution in [1.82, 2.24) is 0 Å². The predicted octanol–water partition coefficient (Wildman–Crippen LogP) is 5.70. The van der Waals surface area contributed by atoms with E-state index in [9.17, 15) is 9.90 Å². The number of carbonyl (C=O) groups excluding carboxylic acids is 1. The van der Waals surface area contributed by atoms with Gasteiger partial charge in [0.25, 0.3) is 0 Å². The molecule has 0 spiro atoms. The van der Waals surface area contributed by atoms with Gasteiger partial charge in [0.05, 0.1) is 0 Å². The molecule has 0 aliphatic rings. The molecule has 3 heteroatoms. The number of carbonyl (C=O) groups is 1. The SMILES string of the molecule is CC(C(=O)c1ccc(O)cc1)(c1ccccc1)[c-]1cccc1.[Fe+2].c1cc[cH-]c1. The monoisotopic (exact) mass is 410 g/mol. The van der Waals surface area contributed by atoms with Crippen LogP contribution in [0.15, 0.2) is 109 Å². The first-order valence-corrected chi connectivity index (χ1v) is 8.90. The van der Waals surface area contributed by atoms with E-state index in [2.05, 4.69) is 0 Å². The Morgan fingerprint density at radius 2 is 1.43 bits per heavy atom. The molecule has 0 aliphatic heterocycles. The minimum Gasteiger partial charge on any atom is -0.508 e. The van der Waals surface area contributed by atoms with Crippen LogP contribution in [0.3, 0.4) is 0 Å². The summed E-state index contributed by atoms with van der Waals surface area (Å²) >= 11 is 0. The van der Waals surface area contributed by atoms with E-state index in [0.717, 1.165) is 11.1 Å². The fourth-order valence-corrected chi connectivity index (χ4v) is 3.13. The van der Waals surface area contributed by atoms with Crippen LogP contribution in [-0.2, 0) is 22.5 Å². The topological polar surface area (TPSA) is 37.3 Å². The third kappa shape index (κ3) is 4.69. The minimum absolute atomic E-state index is 0. The van der Waals surface area contributed by atoms with E-state index < -0.39 is 5.41 Å². The second-order valence-corrected chi connectivity index (χ2v) is 6.50.